The van der Waals surface area contributed by atoms with Crippen LogP contribution in [0.2, 0.25) is 0 Å². The Morgan fingerprint density at radius 3 is 2.52 bits per heavy atom. The van der Waals surface area contributed by atoms with Gasteiger partial charge in [0.05, 0.1) is 11.1 Å². The number of nitrogens with zero attached hydrogens (tertiary/aromatic N) is 7. The van der Waals surface area contributed by atoms with Crippen molar-refractivity contribution in [3.05, 3.63) is 40.1 Å². The monoisotopic (exact) mass is 345 g/mol. The van der Waals surface area contributed by atoms with Gasteiger partial charge in [-0.1, -0.05) is 0 Å². The van der Waals surface area contributed by atoms with E-state index in [4.69, 9.17) is 0 Å². The second-order valence-electron chi connectivity index (χ2n) is 5.87. The molecule has 0 aromatic carbocycles. The first-order chi connectivity index (χ1) is 12.0. The molecule has 2 aromatic rings. The molecule has 0 unspecified atom stereocenters. The van der Waals surface area contributed by atoms with Crippen molar-refractivity contribution in [2.45, 2.75) is 20.4 Å². The Balaban J connectivity index is 1.62. The summed E-state index contributed by atoms with van der Waals surface area (Å²) in [6, 6.07) is 0. The first-order valence-corrected chi connectivity index (χ1v) is 7.94. The Kier molecular flexibility index (Phi) is 4.59. The molecular weight excluding hydrogens is 326 g/mol. The number of hydrogen-bond acceptors (Lipinski definition) is 7. The summed E-state index contributed by atoms with van der Waals surface area (Å²) >= 11 is 0. The highest BCUT2D eigenvalue weighted by Gasteiger charge is 2.26. The first kappa shape index (κ1) is 16.8. The van der Waals surface area contributed by atoms with Crippen LogP contribution in [-0.4, -0.2) is 61.7 Å². The van der Waals surface area contributed by atoms with Crippen LogP contribution in [0.1, 0.15) is 11.4 Å². The SMILES string of the molecule is Cc1nn(CC(=O)N2CCN(c3cnccn3)CC2)c(C)c1[N+](=O)[O-]. The lowest BCUT2D eigenvalue weighted by atomic mass is 10.3. The van der Waals surface area contributed by atoms with E-state index in [0.29, 0.717) is 37.6 Å². The summed E-state index contributed by atoms with van der Waals surface area (Å²) in [6.07, 6.45) is 4.96. The van der Waals surface area contributed by atoms with Crippen LogP contribution in [0.15, 0.2) is 18.6 Å². The number of carbonyl (C=O) groups excluding carboxylic acids is 1. The predicted octanol–water partition coefficient (Wildman–Crippen LogP) is 0.547. The Hall–Kier alpha value is -3.04. The Bertz CT molecular complexity index is 782. The maximum Gasteiger partial charge on any atom is 0.312 e. The lowest BCUT2D eigenvalue weighted by Crippen LogP contribution is -2.50. The summed E-state index contributed by atoms with van der Waals surface area (Å²) in [4.78, 5) is 35.2. The predicted molar refractivity (Wildman–Crippen MR) is 89.2 cm³/mol. The highest BCUT2D eigenvalue weighted by Crippen LogP contribution is 2.22. The van der Waals surface area contributed by atoms with E-state index in [1.165, 1.54) is 4.68 Å². The van der Waals surface area contributed by atoms with E-state index in [2.05, 4.69) is 20.0 Å². The van der Waals surface area contributed by atoms with Crippen molar-refractivity contribution in [2.24, 2.45) is 0 Å². The molecule has 0 aliphatic carbocycles. The molecule has 0 radical (unpaired) electrons. The Morgan fingerprint density at radius 1 is 1.24 bits per heavy atom. The highest BCUT2D eigenvalue weighted by molar-refractivity contribution is 5.76. The van der Waals surface area contributed by atoms with Crippen LogP contribution in [0.5, 0.6) is 0 Å². The van der Waals surface area contributed by atoms with Gasteiger partial charge in [-0.25, -0.2) is 4.98 Å². The number of hydrogen-bond donors (Lipinski definition) is 0. The molecule has 132 valence electrons. The molecule has 25 heavy (non-hydrogen) atoms. The van der Waals surface area contributed by atoms with Gasteiger partial charge >= 0.3 is 5.69 Å². The van der Waals surface area contributed by atoms with Crippen LogP contribution in [0.3, 0.4) is 0 Å². The molecular formula is C15H19N7O3. The maximum absolute atomic E-state index is 12.5. The zero-order chi connectivity index (χ0) is 18.0. The second kappa shape index (κ2) is 6.83. The largest absolute Gasteiger partial charge is 0.352 e. The fourth-order valence-electron chi connectivity index (χ4n) is 2.97. The van der Waals surface area contributed by atoms with Crippen LogP contribution in [0.4, 0.5) is 11.5 Å². The zero-order valence-electron chi connectivity index (χ0n) is 14.1. The molecule has 0 saturated carbocycles. The molecule has 1 aliphatic rings. The quantitative estimate of drug-likeness (QED) is 0.587. The van der Waals surface area contributed by atoms with Crippen molar-refractivity contribution in [1.29, 1.82) is 0 Å². The number of aromatic nitrogens is 4. The van der Waals surface area contributed by atoms with Gasteiger partial charge in [0, 0.05) is 38.6 Å². The summed E-state index contributed by atoms with van der Waals surface area (Å²) in [7, 11) is 0. The van der Waals surface area contributed by atoms with Crippen LogP contribution < -0.4 is 4.90 Å². The molecule has 0 atom stereocenters. The number of nitro groups is 1. The van der Waals surface area contributed by atoms with E-state index < -0.39 is 4.92 Å². The molecule has 1 saturated heterocycles. The van der Waals surface area contributed by atoms with Crippen molar-refractivity contribution in [3.63, 3.8) is 0 Å². The summed E-state index contributed by atoms with van der Waals surface area (Å²) in [5.41, 5.74) is 0.692. The van der Waals surface area contributed by atoms with Crippen LogP contribution in [0.25, 0.3) is 0 Å². The average Bonchev–Trinajstić information content (AvgIpc) is 2.89. The van der Waals surface area contributed by atoms with E-state index in [1.54, 1.807) is 37.3 Å². The summed E-state index contributed by atoms with van der Waals surface area (Å²) in [5, 5.41) is 15.2. The standard InChI is InChI=1S/C15H19N7O3/c1-11-15(22(24)25)12(2)21(18-11)10-14(23)20-7-5-19(6-8-20)13-9-16-3-4-17-13/h3-4,9H,5-8,10H2,1-2H3. The van der Waals surface area contributed by atoms with Crippen molar-refractivity contribution >= 4 is 17.4 Å². The van der Waals surface area contributed by atoms with Gasteiger partial charge in [-0.15, -0.1) is 0 Å². The lowest BCUT2D eigenvalue weighted by molar-refractivity contribution is -0.386. The minimum absolute atomic E-state index is 0.00561. The topological polar surface area (TPSA) is 110 Å². The van der Waals surface area contributed by atoms with Gasteiger partial charge in [-0.05, 0) is 13.8 Å². The fraction of sp³-hybridized carbons (Fsp3) is 0.467. The number of aryl methyl sites for hydroxylation is 1. The number of anilines is 1. The van der Waals surface area contributed by atoms with E-state index in [9.17, 15) is 14.9 Å². The minimum Gasteiger partial charge on any atom is -0.352 e. The smallest absolute Gasteiger partial charge is 0.312 e. The Morgan fingerprint density at radius 2 is 1.96 bits per heavy atom. The summed E-state index contributed by atoms with van der Waals surface area (Å²) in [6.45, 7) is 5.66. The van der Waals surface area contributed by atoms with Crippen LogP contribution in [0, 0.1) is 24.0 Å². The molecule has 1 fully saturated rings. The molecule has 1 aliphatic heterocycles. The second-order valence-corrected chi connectivity index (χ2v) is 5.87. The van der Waals surface area contributed by atoms with Crippen LogP contribution in [-0.2, 0) is 11.3 Å². The van der Waals surface area contributed by atoms with Gasteiger partial charge in [0.2, 0.25) is 5.91 Å². The lowest BCUT2D eigenvalue weighted by Gasteiger charge is -2.35. The van der Waals surface area contributed by atoms with Crippen LogP contribution >= 0.6 is 0 Å². The molecule has 3 heterocycles. The third-order valence-electron chi connectivity index (χ3n) is 4.32. The molecule has 0 N–H and O–H groups in total. The van der Waals surface area contributed by atoms with Gasteiger partial charge in [0.15, 0.2) is 0 Å². The molecule has 1 amide bonds. The van der Waals surface area contributed by atoms with Crippen molar-refractivity contribution in [1.82, 2.24) is 24.6 Å². The van der Waals surface area contributed by atoms with E-state index in [-0.39, 0.29) is 18.1 Å². The third kappa shape index (κ3) is 3.42. The Labute approximate surface area is 144 Å². The molecule has 0 bridgehead atoms. The van der Waals surface area contributed by atoms with Crippen molar-refractivity contribution in [2.75, 3.05) is 31.1 Å². The van der Waals surface area contributed by atoms with Gasteiger partial charge in [0.25, 0.3) is 0 Å². The maximum atomic E-state index is 12.5. The zero-order valence-corrected chi connectivity index (χ0v) is 14.1. The number of rotatable bonds is 4. The molecule has 2 aromatic heterocycles. The molecule has 10 nitrogen and oxygen atoms in total. The third-order valence-corrected chi connectivity index (χ3v) is 4.32. The van der Waals surface area contributed by atoms with Gasteiger partial charge in [-0.3, -0.25) is 24.6 Å². The summed E-state index contributed by atoms with van der Waals surface area (Å²) in [5.74, 6) is 0.697. The van der Waals surface area contributed by atoms with Gasteiger partial charge in [-0.2, -0.15) is 5.10 Å². The number of amides is 1. The van der Waals surface area contributed by atoms with E-state index in [1.807, 2.05) is 0 Å². The number of carbonyl (C=O) groups is 1. The van der Waals surface area contributed by atoms with E-state index in [0.717, 1.165) is 5.82 Å². The molecule has 0 spiro atoms. The summed E-state index contributed by atoms with van der Waals surface area (Å²) < 4.78 is 1.41. The van der Waals surface area contributed by atoms with Gasteiger partial charge < -0.3 is 9.80 Å². The number of piperazine rings is 1. The average molecular weight is 345 g/mol. The highest BCUT2D eigenvalue weighted by atomic mass is 16.6. The normalized spacial score (nSPS) is 14.6. The first-order valence-electron chi connectivity index (χ1n) is 7.94. The molecule has 3 rings (SSSR count). The van der Waals surface area contributed by atoms with Crippen molar-refractivity contribution in [3.8, 4) is 0 Å². The van der Waals surface area contributed by atoms with Crippen molar-refractivity contribution < 1.29 is 9.72 Å². The fourth-order valence-corrected chi connectivity index (χ4v) is 2.97. The van der Waals surface area contributed by atoms with E-state index >= 15 is 0 Å². The molecule has 10 heteroatoms. The van der Waals surface area contributed by atoms with Gasteiger partial charge in [0.1, 0.15) is 23.8 Å². The minimum atomic E-state index is -0.460.